The van der Waals surface area contributed by atoms with E-state index in [1.165, 1.54) is 0 Å². The number of hydrogen-bond donors (Lipinski definition) is 3. The molecule has 8 heteroatoms. The minimum atomic E-state index is -0.372. The predicted molar refractivity (Wildman–Crippen MR) is 91.7 cm³/mol. The van der Waals surface area contributed by atoms with Crippen molar-refractivity contribution in [1.82, 2.24) is 10.6 Å². The van der Waals surface area contributed by atoms with Gasteiger partial charge in [-0.15, -0.1) is 0 Å². The number of carbonyl (C=O) groups is 2. The number of ether oxygens (including phenoxy) is 2. The monoisotopic (exact) mass is 355 g/mol. The molecule has 0 bridgehead atoms. The SMILES string of the molecule is CCCNC(=O)c1ccc(NC(=O)NC[C@H]2COCCO2)cc1Cl. The Balaban J connectivity index is 1.84. The van der Waals surface area contributed by atoms with Gasteiger partial charge in [0.05, 0.1) is 36.5 Å². The molecule has 0 unspecified atom stereocenters. The van der Waals surface area contributed by atoms with Crippen LogP contribution in [-0.2, 0) is 9.47 Å². The van der Waals surface area contributed by atoms with Crippen LogP contribution in [0.25, 0.3) is 0 Å². The van der Waals surface area contributed by atoms with E-state index in [1.807, 2.05) is 6.92 Å². The maximum absolute atomic E-state index is 11.9. The predicted octanol–water partition coefficient (Wildman–Crippen LogP) is 2.02. The normalized spacial score (nSPS) is 17.2. The fourth-order valence-electron chi connectivity index (χ4n) is 2.15. The summed E-state index contributed by atoms with van der Waals surface area (Å²) in [6.07, 6.45) is 0.705. The van der Waals surface area contributed by atoms with Gasteiger partial charge in [0.15, 0.2) is 0 Å². The van der Waals surface area contributed by atoms with Crippen molar-refractivity contribution >= 4 is 29.2 Å². The highest BCUT2D eigenvalue weighted by Gasteiger charge is 2.15. The third-order valence-corrected chi connectivity index (χ3v) is 3.70. The second-order valence-electron chi connectivity index (χ2n) is 5.35. The smallest absolute Gasteiger partial charge is 0.319 e. The second-order valence-corrected chi connectivity index (χ2v) is 5.76. The Morgan fingerprint density at radius 2 is 2.12 bits per heavy atom. The van der Waals surface area contributed by atoms with E-state index in [1.54, 1.807) is 18.2 Å². The van der Waals surface area contributed by atoms with Crippen LogP contribution in [0.1, 0.15) is 23.7 Å². The third kappa shape index (κ3) is 5.67. The van der Waals surface area contributed by atoms with E-state index in [9.17, 15) is 9.59 Å². The minimum absolute atomic E-state index is 0.141. The van der Waals surface area contributed by atoms with E-state index < -0.39 is 0 Å². The molecule has 0 spiro atoms. The van der Waals surface area contributed by atoms with Crippen LogP contribution in [-0.4, -0.2) is 51.0 Å². The first-order chi connectivity index (χ1) is 11.6. The highest BCUT2D eigenvalue weighted by atomic mass is 35.5. The van der Waals surface area contributed by atoms with Crippen molar-refractivity contribution in [3.05, 3.63) is 28.8 Å². The van der Waals surface area contributed by atoms with Crippen LogP contribution in [0.15, 0.2) is 18.2 Å². The maximum atomic E-state index is 11.9. The van der Waals surface area contributed by atoms with Crippen molar-refractivity contribution in [2.75, 3.05) is 38.2 Å². The lowest BCUT2D eigenvalue weighted by Crippen LogP contribution is -2.41. The fourth-order valence-corrected chi connectivity index (χ4v) is 2.41. The van der Waals surface area contributed by atoms with Crippen LogP contribution in [0.3, 0.4) is 0 Å². The van der Waals surface area contributed by atoms with Gasteiger partial charge in [0.25, 0.3) is 5.91 Å². The highest BCUT2D eigenvalue weighted by molar-refractivity contribution is 6.34. The first-order valence-corrected chi connectivity index (χ1v) is 8.30. The van der Waals surface area contributed by atoms with Gasteiger partial charge in [-0.25, -0.2) is 4.79 Å². The Kier molecular flexibility index (Phi) is 7.30. The molecule has 3 N–H and O–H groups in total. The van der Waals surface area contributed by atoms with Crippen LogP contribution >= 0.6 is 11.6 Å². The average molecular weight is 356 g/mol. The van der Waals surface area contributed by atoms with Crippen molar-refractivity contribution in [3.63, 3.8) is 0 Å². The van der Waals surface area contributed by atoms with Crippen molar-refractivity contribution in [1.29, 1.82) is 0 Å². The van der Waals surface area contributed by atoms with Crippen molar-refractivity contribution in [2.24, 2.45) is 0 Å². The first-order valence-electron chi connectivity index (χ1n) is 7.92. The first kappa shape index (κ1) is 18.5. The molecule has 1 fully saturated rings. The highest BCUT2D eigenvalue weighted by Crippen LogP contribution is 2.21. The van der Waals surface area contributed by atoms with Gasteiger partial charge in [-0.1, -0.05) is 18.5 Å². The summed E-state index contributed by atoms with van der Waals surface area (Å²) in [4.78, 5) is 23.8. The molecule has 1 aromatic rings. The van der Waals surface area contributed by atoms with Gasteiger partial charge >= 0.3 is 6.03 Å². The number of amides is 3. The molecule has 24 heavy (non-hydrogen) atoms. The Morgan fingerprint density at radius 1 is 1.29 bits per heavy atom. The van der Waals surface area contributed by atoms with Crippen LogP contribution in [0.2, 0.25) is 5.02 Å². The maximum Gasteiger partial charge on any atom is 0.319 e. The summed E-state index contributed by atoms with van der Waals surface area (Å²) in [5.74, 6) is -0.229. The molecular weight excluding hydrogens is 334 g/mol. The Morgan fingerprint density at radius 3 is 2.79 bits per heavy atom. The van der Waals surface area contributed by atoms with Crippen LogP contribution in [0.4, 0.5) is 10.5 Å². The Labute approximate surface area is 146 Å². The number of halogens is 1. The van der Waals surface area contributed by atoms with Crippen LogP contribution in [0, 0.1) is 0 Å². The summed E-state index contributed by atoms with van der Waals surface area (Å²) in [5, 5.41) is 8.42. The van der Waals surface area contributed by atoms with E-state index in [0.717, 1.165) is 6.42 Å². The molecule has 7 nitrogen and oxygen atoms in total. The summed E-state index contributed by atoms with van der Waals surface area (Å²) < 4.78 is 10.7. The topological polar surface area (TPSA) is 88.7 Å². The lowest BCUT2D eigenvalue weighted by atomic mass is 10.2. The molecular formula is C16H22ClN3O4. The van der Waals surface area contributed by atoms with E-state index in [-0.39, 0.29) is 23.1 Å². The number of hydrogen-bond acceptors (Lipinski definition) is 4. The zero-order valence-corrected chi connectivity index (χ0v) is 14.3. The summed E-state index contributed by atoms with van der Waals surface area (Å²) in [5.41, 5.74) is 0.884. The van der Waals surface area contributed by atoms with Crippen molar-refractivity contribution < 1.29 is 19.1 Å². The van der Waals surface area contributed by atoms with Gasteiger partial charge in [0, 0.05) is 18.8 Å². The molecule has 0 radical (unpaired) electrons. The van der Waals surface area contributed by atoms with Crippen LogP contribution in [0.5, 0.6) is 0 Å². The van der Waals surface area contributed by atoms with Gasteiger partial charge < -0.3 is 25.4 Å². The molecule has 1 saturated heterocycles. The Bertz CT molecular complexity index is 576. The zero-order chi connectivity index (χ0) is 17.4. The Hall–Kier alpha value is -1.83. The van der Waals surface area contributed by atoms with Gasteiger partial charge in [-0.2, -0.15) is 0 Å². The average Bonchev–Trinajstić information content (AvgIpc) is 2.59. The summed E-state index contributed by atoms with van der Waals surface area (Å²) >= 11 is 6.12. The number of urea groups is 1. The van der Waals surface area contributed by atoms with Crippen LogP contribution < -0.4 is 16.0 Å². The molecule has 1 heterocycles. The molecule has 0 aliphatic carbocycles. The molecule has 0 saturated carbocycles. The number of nitrogens with one attached hydrogen (secondary N) is 3. The molecule has 1 aliphatic heterocycles. The van der Waals surface area contributed by atoms with Crippen molar-refractivity contribution in [2.45, 2.75) is 19.4 Å². The molecule has 1 aliphatic rings. The summed E-state index contributed by atoms with van der Waals surface area (Å²) in [7, 11) is 0. The molecule has 0 aromatic heterocycles. The molecule has 1 atom stereocenters. The third-order valence-electron chi connectivity index (χ3n) is 3.38. The molecule has 1 aromatic carbocycles. The van der Waals surface area contributed by atoms with Crippen molar-refractivity contribution in [3.8, 4) is 0 Å². The van der Waals surface area contributed by atoms with E-state index in [0.29, 0.717) is 44.2 Å². The minimum Gasteiger partial charge on any atom is -0.376 e. The van der Waals surface area contributed by atoms with Gasteiger partial charge in [0.1, 0.15) is 0 Å². The quantitative estimate of drug-likeness (QED) is 0.728. The van der Waals surface area contributed by atoms with E-state index in [2.05, 4.69) is 16.0 Å². The van der Waals surface area contributed by atoms with Gasteiger partial charge in [0.2, 0.25) is 0 Å². The molecule has 3 amide bonds. The molecule has 2 rings (SSSR count). The zero-order valence-electron chi connectivity index (χ0n) is 13.6. The van der Waals surface area contributed by atoms with Gasteiger partial charge in [-0.3, -0.25) is 4.79 Å². The van der Waals surface area contributed by atoms with Gasteiger partial charge in [-0.05, 0) is 24.6 Å². The fraction of sp³-hybridized carbons (Fsp3) is 0.500. The second kappa shape index (κ2) is 9.46. The number of carbonyl (C=O) groups excluding carboxylic acids is 2. The lowest BCUT2D eigenvalue weighted by Gasteiger charge is -2.23. The number of benzene rings is 1. The largest absolute Gasteiger partial charge is 0.376 e. The molecule has 132 valence electrons. The van der Waals surface area contributed by atoms with E-state index >= 15 is 0 Å². The lowest BCUT2D eigenvalue weighted by molar-refractivity contribution is -0.0852. The summed E-state index contributed by atoms with van der Waals surface area (Å²) in [6.45, 7) is 4.50. The summed E-state index contributed by atoms with van der Waals surface area (Å²) in [6, 6.07) is 4.39. The standard InChI is InChI=1S/C16H22ClN3O4/c1-2-5-18-15(21)13-4-3-11(8-14(13)17)20-16(22)19-9-12-10-23-6-7-24-12/h3-4,8,12H,2,5-7,9-10H2,1H3,(H,18,21)(H2,19,20,22)/t12-/m0/s1. The number of rotatable bonds is 6. The number of anilines is 1. The van der Waals surface area contributed by atoms with E-state index in [4.69, 9.17) is 21.1 Å².